The first-order valence-electron chi connectivity index (χ1n) is 6.66. The molecule has 5 nitrogen and oxygen atoms in total. The first-order chi connectivity index (χ1) is 9.43. The van der Waals surface area contributed by atoms with Crippen molar-refractivity contribution in [2.75, 3.05) is 25.1 Å². The van der Waals surface area contributed by atoms with Crippen molar-refractivity contribution in [3.05, 3.63) is 32.8 Å². The summed E-state index contributed by atoms with van der Waals surface area (Å²) in [5.41, 5.74) is 1.54. The van der Waals surface area contributed by atoms with Crippen LogP contribution in [0.2, 0.25) is 5.02 Å². The Morgan fingerprint density at radius 2 is 2.20 bits per heavy atom. The van der Waals surface area contributed by atoms with E-state index in [1.54, 1.807) is 20.1 Å². The largest absolute Gasteiger partial charge is 0.379 e. The van der Waals surface area contributed by atoms with Gasteiger partial charge in [0.15, 0.2) is 0 Å². The van der Waals surface area contributed by atoms with Crippen molar-refractivity contribution >= 4 is 23.0 Å². The van der Waals surface area contributed by atoms with E-state index < -0.39 is 4.92 Å². The van der Waals surface area contributed by atoms with E-state index in [0.29, 0.717) is 16.5 Å². The smallest absolute Gasteiger partial charge is 0.273 e. The molecule has 110 valence electrons. The maximum absolute atomic E-state index is 10.9. The van der Waals surface area contributed by atoms with Gasteiger partial charge in [0.05, 0.1) is 21.7 Å². The Morgan fingerprint density at radius 3 is 2.80 bits per heavy atom. The number of nitro benzene ring substituents is 1. The summed E-state index contributed by atoms with van der Waals surface area (Å²) in [6.45, 7) is 5.55. The zero-order valence-corrected chi connectivity index (χ0v) is 12.7. The number of anilines is 1. The van der Waals surface area contributed by atoms with Crippen LogP contribution in [0.1, 0.15) is 18.9 Å². The topological polar surface area (TPSA) is 55.6 Å². The molecule has 1 heterocycles. The van der Waals surface area contributed by atoms with E-state index in [-0.39, 0.29) is 11.8 Å². The van der Waals surface area contributed by atoms with Gasteiger partial charge in [-0.1, -0.05) is 18.5 Å². The lowest BCUT2D eigenvalue weighted by molar-refractivity contribution is -0.385. The number of hydrogen-bond acceptors (Lipinski definition) is 4. The lowest BCUT2D eigenvalue weighted by Crippen LogP contribution is -2.44. The Labute approximate surface area is 123 Å². The number of ether oxygens (including phenoxy) is 1. The highest BCUT2D eigenvalue weighted by atomic mass is 35.5. The summed E-state index contributed by atoms with van der Waals surface area (Å²) in [6.07, 6.45) is 1.18. The fourth-order valence-electron chi connectivity index (χ4n) is 2.65. The first-order valence-corrected chi connectivity index (χ1v) is 7.04. The van der Waals surface area contributed by atoms with E-state index in [4.69, 9.17) is 16.3 Å². The van der Waals surface area contributed by atoms with Crippen LogP contribution < -0.4 is 4.90 Å². The predicted octanol–water partition coefficient (Wildman–Crippen LogP) is 3.42. The minimum absolute atomic E-state index is 0.0624. The molecule has 1 aliphatic heterocycles. The molecule has 20 heavy (non-hydrogen) atoms. The van der Waals surface area contributed by atoms with Gasteiger partial charge in [-0.05, 0) is 25.3 Å². The summed E-state index contributed by atoms with van der Waals surface area (Å²) in [5.74, 6) is 0.508. The minimum atomic E-state index is -0.402. The van der Waals surface area contributed by atoms with E-state index in [2.05, 4.69) is 11.8 Å². The zero-order valence-electron chi connectivity index (χ0n) is 11.9. The molecule has 1 saturated heterocycles. The maximum atomic E-state index is 10.9. The van der Waals surface area contributed by atoms with Crippen molar-refractivity contribution in [1.29, 1.82) is 0 Å². The molecule has 0 aliphatic carbocycles. The third kappa shape index (κ3) is 2.88. The maximum Gasteiger partial charge on any atom is 0.273 e. The number of hydrogen-bond donors (Lipinski definition) is 0. The van der Waals surface area contributed by atoms with Gasteiger partial charge in [0, 0.05) is 31.8 Å². The lowest BCUT2D eigenvalue weighted by atomic mass is 9.95. The molecular formula is C14H19ClN2O3. The third-order valence-electron chi connectivity index (χ3n) is 3.99. The fraction of sp³-hybridized carbons (Fsp3) is 0.571. The molecule has 1 fully saturated rings. The number of rotatable bonds is 3. The average Bonchev–Trinajstić information content (AvgIpc) is 2.41. The van der Waals surface area contributed by atoms with E-state index in [1.807, 2.05) is 0 Å². The molecule has 0 saturated carbocycles. The van der Waals surface area contributed by atoms with Crippen LogP contribution in [0.15, 0.2) is 12.1 Å². The lowest BCUT2D eigenvalue weighted by Gasteiger charge is -2.38. The van der Waals surface area contributed by atoms with Gasteiger partial charge in [0.2, 0.25) is 0 Å². The Bertz CT molecular complexity index is 521. The van der Waals surface area contributed by atoms with Crippen LogP contribution in [0.25, 0.3) is 0 Å². The van der Waals surface area contributed by atoms with Crippen LogP contribution in [0.3, 0.4) is 0 Å². The zero-order chi connectivity index (χ0) is 14.9. The number of benzene rings is 1. The van der Waals surface area contributed by atoms with Gasteiger partial charge >= 0.3 is 0 Å². The Kier molecular flexibility index (Phi) is 4.50. The number of nitro groups is 1. The van der Waals surface area contributed by atoms with E-state index >= 15 is 0 Å². The second kappa shape index (κ2) is 5.97. The Morgan fingerprint density at radius 1 is 1.50 bits per heavy atom. The summed E-state index contributed by atoms with van der Waals surface area (Å²) in [5, 5.41) is 11.3. The van der Waals surface area contributed by atoms with Gasteiger partial charge in [-0.2, -0.15) is 0 Å². The normalized spacial score (nSPS) is 22.9. The van der Waals surface area contributed by atoms with E-state index in [9.17, 15) is 10.1 Å². The third-order valence-corrected chi connectivity index (χ3v) is 4.30. The van der Waals surface area contributed by atoms with Crippen molar-refractivity contribution in [3.63, 3.8) is 0 Å². The molecule has 1 aromatic carbocycles. The molecule has 0 amide bonds. The van der Waals surface area contributed by atoms with E-state index in [1.165, 1.54) is 6.07 Å². The van der Waals surface area contributed by atoms with Crippen LogP contribution in [-0.4, -0.2) is 31.2 Å². The quantitative estimate of drug-likeness (QED) is 0.634. The van der Waals surface area contributed by atoms with Crippen LogP contribution in [-0.2, 0) is 4.74 Å². The van der Waals surface area contributed by atoms with Gasteiger partial charge < -0.3 is 9.64 Å². The van der Waals surface area contributed by atoms with Gasteiger partial charge in [0.1, 0.15) is 0 Å². The standard InChI is InChI=1S/C14H19ClN2O3/c1-9-4-5-16(8-14(9)20-3)13-6-10(2)12(17(18)19)7-11(13)15/h6-7,9,14H,4-5,8H2,1-3H3. The number of piperidine rings is 1. The SMILES string of the molecule is COC1CN(c2cc(C)c([N+](=O)[O-])cc2Cl)CCC1C. The van der Waals surface area contributed by atoms with Crippen molar-refractivity contribution in [2.45, 2.75) is 26.4 Å². The first kappa shape index (κ1) is 15.1. The van der Waals surface area contributed by atoms with Crippen molar-refractivity contribution in [1.82, 2.24) is 0 Å². The molecular weight excluding hydrogens is 280 g/mol. The van der Waals surface area contributed by atoms with Crippen LogP contribution >= 0.6 is 11.6 Å². The highest BCUT2D eigenvalue weighted by molar-refractivity contribution is 6.33. The summed E-state index contributed by atoms with van der Waals surface area (Å²) in [7, 11) is 1.72. The highest BCUT2D eigenvalue weighted by Crippen LogP contribution is 2.35. The summed E-state index contributed by atoms with van der Waals surface area (Å²) < 4.78 is 5.49. The van der Waals surface area contributed by atoms with Crippen molar-refractivity contribution in [2.24, 2.45) is 5.92 Å². The van der Waals surface area contributed by atoms with Gasteiger partial charge in [-0.3, -0.25) is 10.1 Å². The number of halogens is 1. The molecule has 6 heteroatoms. The second-order valence-electron chi connectivity index (χ2n) is 5.33. The fourth-order valence-corrected chi connectivity index (χ4v) is 2.93. The van der Waals surface area contributed by atoms with Crippen LogP contribution in [0.4, 0.5) is 11.4 Å². The second-order valence-corrected chi connectivity index (χ2v) is 5.74. The molecule has 1 aliphatic rings. The Hall–Kier alpha value is -1.33. The molecule has 0 radical (unpaired) electrons. The van der Waals surface area contributed by atoms with Crippen LogP contribution in [0, 0.1) is 23.0 Å². The van der Waals surface area contributed by atoms with Crippen molar-refractivity contribution < 1.29 is 9.66 Å². The summed E-state index contributed by atoms with van der Waals surface area (Å²) in [4.78, 5) is 12.7. The molecule has 0 bridgehead atoms. The number of methoxy groups -OCH3 is 1. The molecule has 2 atom stereocenters. The monoisotopic (exact) mass is 298 g/mol. The predicted molar refractivity (Wildman–Crippen MR) is 79.6 cm³/mol. The minimum Gasteiger partial charge on any atom is -0.379 e. The van der Waals surface area contributed by atoms with Gasteiger partial charge in [0.25, 0.3) is 5.69 Å². The van der Waals surface area contributed by atoms with Crippen LogP contribution in [0.5, 0.6) is 0 Å². The Balaban J connectivity index is 2.29. The summed E-state index contributed by atoms with van der Waals surface area (Å²) in [6, 6.07) is 3.23. The highest BCUT2D eigenvalue weighted by Gasteiger charge is 2.28. The molecule has 1 aromatic rings. The average molecular weight is 299 g/mol. The summed E-state index contributed by atoms with van der Waals surface area (Å²) >= 11 is 6.22. The van der Waals surface area contributed by atoms with Crippen molar-refractivity contribution in [3.8, 4) is 0 Å². The number of nitrogens with zero attached hydrogens (tertiary/aromatic N) is 2. The molecule has 0 aromatic heterocycles. The van der Waals surface area contributed by atoms with E-state index in [0.717, 1.165) is 25.2 Å². The van der Waals surface area contributed by atoms with Gasteiger partial charge in [-0.15, -0.1) is 0 Å². The molecule has 0 spiro atoms. The molecule has 0 N–H and O–H groups in total. The molecule has 2 unspecified atom stereocenters. The van der Waals surface area contributed by atoms with Gasteiger partial charge in [-0.25, -0.2) is 0 Å². The number of aryl methyl sites for hydroxylation is 1. The molecule has 2 rings (SSSR count).